The molecule has 0 radical (unpaired) electrons. The highest BCUT2D eigenvalue weighted by atomic mass is 35.5. The zero-order valence-electron chi connectivity index (χ0n) is 12.5. The lowest BCUT2D eigenvalue weighted by Crippen LogP contribution is -2.35. The van der Waals surface area contributed by atoms with E-state index in [1.165, 1.54) is 12.8 Å². The molecule has 1 fully saturated rings. The molecule has 1 rings (SSSR count). The molecule has 2 amide bonds. The standard InChI is InChI=1S/C14H27N3O2.ClH/c1-3-11(2)17-14(19)8-10-16-13(18)7-6-12-5-4-9-15-12;/h11-12,15H,3-10H2,1-2H3,(H,16,18)(H,17,19);1H. The van der Waals surface area contributed by atoms with Crippen molar-refractivity contribution in [1.29, 1.82) is 0 Å². The van der Waals surface area contributed by atoms with Crippen LogP contribution in [0.25, 0.3) is 0 Å². The van der Waals surface area contributed by atoms with E-state index in [9.17, 15) is 9.59 Å². The summed E-state index contributed by atoms with van der Waals surface area (Å²) in [5.74, 6) is 0.0529. The Balaban J connectivity index is 0.00000361. The molecule has 0 bridgehead atoms. The van der Waals surface area contributed by atoms with Crippen LogP contribution in [0.4, 0.5) is 0 Å². The van der Waals surface area contributed by atoms with Crippen LogP contribution in [0.2, 0.25) is 0 Å². The summed E-state index contributed by atoms with van der Waals surface area (Å²) in [7, 11) is 0. The summed E-state index contributed by atoms with van der Waals surface area (Å²) in [5.41, 5.74) is 0. The van der Waals surface area contributed by atoms with Gasteiger partial charge in [0.1, 0.15) is 0 Å². The van der Waals surface area contributed by atoms with Crippen LogP contribution in [0, 0.1) is 0 Å². The summed E-state index contributed by atoms with van der Waals surface area (Å²) in [6, 6.07) is 0.705. The van der Waals surface area contributed by atoms with E-state index in [-0.39, 0.29) is 30.3 Å². The Labute approximate surface area is 128 Å². The van der Waals surface area contributed by atoms with Crippen molar-refractivity contribution >= 4 is 24.2 Å². The highest BCUT2D eigenvalue weighted by Gasteiger charge is 2.15. The fourth-order valence-electron chi connectivity index (χ4n) is 2.16. The van der Waals surface area contributed by atoms with E-state index in [2.05, 4.69) is 16.0 Å². The van der Waals surface area contributed by atoms with Crippen molar-refractivity contribution in [2.24, 2.45) is 0 Å². The van der Waals surface area contributed by atoms with Gasteiger partial charge in [-0.25, -0.2) is 0 Å². The van der Waals surface area contributed by atoms with Gasteiger partial charge >= 0.3 is 0 Å². The number of rotatable bonds is 8. The molecule has 118 valence electrons. The quantitative estimate of drug-likeness (QED) is 0.634. The maximum Gasteiger partial charge on any atom is 0.221 e. The number of amides is 2. The Morgan fingerprint density at radius 2 is 2.05 bits per heavy atom. The molecule has 0 aliphatic carbocycles. The number of halogens is 1. The topological polar surface area (TPSA) is 70.2 Å². The van der Waals surface area contributed by atoms with Crippen molar-refractivity contribution in [2.45, 2.75) is 64.5 Å². The maximum atomic E-state index is 11.6. The molecule has 5 nitrogen and oxygen atoms in total. The summed E-state index contributed by atoms with van der Waals surface area (Å²) >= 11 is 0. The molecule has 0 spiro atoms. The van der Waals surface area contributed by atoms with Gasteiger partial charge in [0, 0.05) is 31.5 Å². The van der Waals surface area contributed by atoms with Crippen LogP contribution in [-0.2, 0) is 9.59 Å². The normalized spacial score (nSPS) is 19.0. The van der Waals surface area contributed by atoms with Crippen LogP contribution >= 0.6 is 12.4 Å². The first kappa shape index (κ1) is 19.2. The lowest BCUT2D eigenvalue weighted by Gasteiger charge is -2.12. The van der Waals surface area contributed by atoms with Crippen LogP contribution in [0.3, 0.4) is 0 Å². The fraction of sp³-hybridized carbons (Fsp3) is 0.857. The largest absolute Gasteiger partial charge is 0.356 e. The van der Waals surface area contributed by atoms with E-state index in [1.807, 2.05) is 13.8 Å². The predicted octanol–water partition coefficient (Wildman–Crippen LogP) is 1.36. The van der Waals surface area contributed by atoms with E-state index >= 15 is 0 Å². The molecule has 2 atom stereocenters. The maximum absolute atomic E-state index is 11.6. The van der Waals surface area contributed by atoms with Crippen LogP contribution < -0.4 is 16.0 Å². The van der Waals surface area contributed by atoms with Crippen molar-refractivity contribution < 1.29 is 9.59 Å². The molecule has 1 saturated heterocycles. The van der Waals surface area contributed by atoms with Crippen LogP contribution in [0.1, 0.15) is 52.4 Å². The average molecular weight is 306 g/mol. The van der Waals surface area contributed by atoms with Gasteiger partial charge in [0.15, 0.2) is 0 Å². The molecule has 20 heavy (non-hydrogen) atoms. The summed E-state index contributed by atoms with van der Waals surface area (Å²) in [4.78, 5) is 23.1. The van der Waals surface area contributed by atoms with Gasteiger partial charge in [-0.3, -0.25) is 9.59 Å². The summed E-state index contributed by atoms with van der Waals surface area (Å²) in [6.45, 7) is 5.51. The van der Waals surface area contributed by atoms with Gasteiger partial charge in [0.2, 0.25) is 11.8 Å². The van der Waals surface area contributed by atoms with Crippen LogP contribution in [0.15, 0.2) is 0 Å². The van der Waals surface area contributed by atoms with E-state index < -0.39 is 0 Å². The van der Waals surface area contributed by atoms with E-state index in [0.717, 1.165) is 19.4 Å². The second kappa shape index (κ2) is 10.9. The molecule has 1 aliphatic rings. The van der Waals surface area contributed by atoms with Crippen molar-refractivity contribution in [3.05, 3.63) is 0 Å². The molecule has 1 heterocycles. The van der Waals surface area contributed by atoms with E-state index in [4.69, 9.17) is 0 Å². The van der Waals surface area contributed by atoms with Crippen molar-refractivity contribution in [3.63, 3.8) is 0 Å². The van der Waals surface area contributed by atoms with Gasteiger partial charge in [-0.1, -0.05) is 6.92 Å². The molecule has 0 aromatic heterocycles. The third-order valence-corrected chi connectivity index (χ3v) is 3.58. The van der Waals surface area contributed by atoms with Gasteiger partial charge in [0.05, 0.1) is 0 Å². The first-order chi connectivity index (χ1) is 9.11. The average Bonchev–Trinajstić information content (AvgIpc) is 2.89. The highest BCUT2D eigenvalue weighted by molar-refractivity contribution is 5.85. The smallest absolute Gasteiger partial charge is 0.221 e. The lowest BCUT2D eigenvalue weighted by atomic mass is 10.1. The Hall–Kier alpha value is -0.810. The Morgan fingerprint density at radius 3 is 2.65 bits per heavy atom. The molecule has 0 saturated carbocycles. The second-order valence-electron chi connectivity index (χ2n) is 5.31. The minimum atomic E-state index is 0. The highest BCUT2D eigenvalue weighted by Crippen LogP contribution is 2.10. The number of hydrogen-bond donors (Lipinski definition) is 3. The van der Waals surface area contributed by atoms with Crippen molar-refractivity contribution in [1.82, 2.24) is 16.0 Å². The zero-order valence-corrected chi connectivity index (χ0v) is 13.4. The minimum Gasteiger partial charge on any atom is -0.356 e. The van der Waals surface area contributed by atoms with Gasteiger partial charge in [-0.15, -0.1) is 12.4 Å². The zero-order chi connectivity index (χ0) is 14.1. The monoisotopic (exact) mass is 305 g/mol. The first-order valence-corrected chi connectivity index (χ1v) is 7.41. The van der Waals surface area contributed by atoms with E-state index in [0.29, 0.717) is 25.4 Å². The fourth-order valence-corrected chi connectivity index (χ4v) is 2.16. The molecule has 0 aromatic rings. The molecule has 0 aromatic carbocycles. The van der Waals surface area contributed by atoms with Gasteiger partial charge in [-0.2, -0.15) is 0 Å². The number of carbonyl (C=O) groups is 2. The Bertz CT molecular complexity index is 294. The Kier molecular flexibility index (Phi) is 10.5. The summed E-state index contributed by atoms with van der Waals surface area (Å²) in [6.07, 6.45) is 5.10. The lowest BCUT2D eigenvalue weighted by molar-refractivity contribution is -0.122. The summed E-state index contributed by atoms with van der Waals surface area (Å²) in [5, 5.41) is 9.05. The molecule has 1 aliphatic heterocycles. The van der Waals surface area contributed by atoms with Crippen LogP contribution in [-0.4, -0.2) is 37.0 Å². The van der Waals surface area contributed by atoms with Crippen molar-refractivity contribution in [2.75, 3.05) is 13.1 Å². The first-order valence-electron chi connectivity index (χ1n) is 7.41. The minimum absolute atomic E-state index is 0. The Morgan fingerprint density at radius 1 is 1.30 bits per heavy atom. The third-order valence-electron chi connectivity index (χ3n) is 3.58. The molecule has 6 heteroatoms. The molecule has 2 unspecified atom stereocenters. The van der Waals surface area contributed by atoms with Crippen LogP contribution in [0.5, 0.6) is 0 Å². The van der Waals surface area contributed by atoms with Gasteiger partial charge in [0.25, 0.3) is 0 Å². The second-order valence-corrected chi connectivity index (χ2v) is 5.31. The molecular formula is C14H28ClN3O2. The third kappa shape index (κ3) is 8.38. The predicted molar refractivity (Wildman–Crippen MR) is 83.0 cm³/mol. The molecular weight excluding hydrogens is 278 g/mol. The SMILES string of the molecule is CCC(C)NC(=O)CCNC(=O)CCC1CCCN1.Cl. The van der Waals surface area contributed by atoms with Gasteiger partial charge in [-0.05, 0) is 39.2 Å². The number of hydrogen-bond acceptors (Lipinski definition) is 3. The number of nitrogens with one attached hydrogen (secondary N) is 3. The summed E-state index contributed by atoms with van der Waals surface area (Å²) < 4.78 is 0. The van der Waals surface area contributed by atoms with Gasteiger partial charge < -0.3 is 16.0 Å². The van der Waals surface area contributed by atoms with E-state index in [1.54, 1.807) is 0 Å². The van der Waals surface area contributed by atoms with Crippen molar-refractivity contribution in [3.8, 4) is 0 Å². The molecule has 3 N–H and O–H groups in total. The number of carbonyl (C=O) groups excluding carboxylic acids is 2.